The Bertz CT molecular complexity index is 1100. The Morgan fingerprint density at radius 3 is 2.64 bits per heavy atom. The molecule has 0 spiro atoms. The molecule has 1 aromatic carbocycles. The van der Waals surface area contributed by atoms with Crippen molar-refractivity contribution in [2.45, 2.75) is 20.4 Å². The van der Waals surface area contributed by atoms with Crippen LogP contribution in [0, 0.1) is 13.8 Å². The maximum Gasteiger partial charge on any atom is 0.163 e. The summed E-state index contributed by atoms with van der Waals surface area (Å²) in [4.78, 5) is 5.58. The highest BCUT2D eigenvalue weighted by Crippen LogP contribution is 2.40. The summed E-state index contributed by atoms with van der Waals surface area (Å²) in [7, 11) is 1.66. The largest absolute Gasteiger partial charge is 0.497 e. The molecule has 0 aliphatic carbocycles. The van der Waals surface area contributed by atoms with Crippen LogP contribution in [-0.4, -0.2) is 21.9 Å². The average Bonchev–Trinajstić information content (AvgIpc) is 3.12. The summed E-state index contributed by atoms with van der Waals surface area (Å²) < 4.78 is 8.11. The number of anilines is 1. The summed E-state index contributed by atoms with van der Waals surface area (Å²) in [5.74, 6) is 1.36. The Morgan fingerprint density at radius 2 is 1.96 bits per heavy atom. The van der Waals surface area contributed by atoms with Crippen LogP contribution in [-0.2, 0) is 6.54 Å². The fourth-order valence-electron chi connectivity index (χ4n) is 3.07. The quantitative estimate of drug-likeness (QED) is 0.572. The van der Waals surface area contributed by atoms with Gasteiger partial charge in [-0.2, -0.15) is 5.10 Å². The highest BCUT2D eigenvalue weighted by atomic mass is 35.5. The summed E-state index contributed by atoms with van der Waals surface area (Å²) in [5.41, 5.74) is 10.1. The van der Waals surface area contributed by atoms with Crippen molar-refractivity contribution in [1.29, 1.82) is 0 Å². The number of nitrogen functional groups attached to an aromatic ring is 1. The minimum Gasteiger partial charge on any atom is -0.497 e. The number of nitrogens with two attached hydrogens (primary N) is 1. The topological polar surface area (TPSA) is 66.0 Å². The van der Waals surface area contributed by atoms with Gasteiger partial charge in [-0.1, -0.05) is 23.7 Å². The van der Waals surface area contributed by atoms with Gasteiger partial charge < -0.3 is 10.5 Å². The first-order valence-electron chi connectivity index (χ1n) is 7.83. The van der Waals surface area contributed by atoms with E-state index >= 15 is 0 Å². The lowest BCUT2D eigenvalue weighted by atomic mass is 10.1. The highest BCUT2D eigenvalue weighted by Gasteiger charge is 2.20. The number of methoxy groups -OCH3 is 1. The molecule has 0 saturated carbocycles. The molecular formula is C18H17ClN4OS. The van der Waals surface area contributed by atoms with E-state index in [0.29, 0.717) is 17.4 Å². The first-order valence-corrected chi connectivity index (χ1v) is 9.03. The average molecular weight is 373 g/mol. The summed E-state index contributed by atoms with van der Waals surface area (Å²) in [6, 6.07) is 7.94. The molecule has 7 heteroatoms. The Hall–Kier alpha value is -2.31. The third-order valence-electron chi connectivity index (χ3n) is 4.37. The maximum absolute atomic E-state index is 6.43. The zero-order valence-corrected chi connectivity index (χ0v) is 15.7. The lowest BCUT2D eigenvalue weighted by molar-refractivity contribution is 0.414. The van der Waals surface area contributed by atoms with E-state index in [2.05, 4.69) is 10.1 Å². The Kier molecular flexibility index (Phi) is 3.81. The number of halogens is 1. The van der Waals surface area contributed by atoms with Gasteiger partial charge >= 0.3 is 0 Å². The minimum atomic E-state index is 0.527. The van der Waals surface area contributed by atoms with Crippen molar-refractivity contribution in [3.05, 3.63) is 46.1 Å². The van der Waals surface area contributed by atoms with Gasteiger partial charge in [-0.25, -0.2) is 4.98 Å². The van der Waals surface area contributed by atoms with E-state index in [4.69, 9.17) is 22.1 Å². The molecule has 128 valence electrons. The second-order valence-electron chi connectivity index (χ2n) is 5.99. The molecule has 0 bridgehead atoms. The van der Waals surface area contributed by atoms with Gasteiger partial charge in [-0.05, 0) is 37.1 Å². The van der Waals surface area contributed by atoms with E-state index in [-0.39, 0.29) is 0 Å². The van der Waals surface area contributed by atoms with Crippen molar-refractivity contribution >= 4 is 49.2 Å². The van der Waals surface area contributed by atoms with Crippen molar-refractivity contribution in [3.8, 4) is 5.75 Å². The number of nitrogens with zero attached hydrogens (tertiary/aromatic N) is 3. The lowest BCUT2D eigenvalue weighted by Crippen LogP contribution is -2.03. The number of fused-ring (bicyclic) bond motifs is 3. The molecule has 0 aliphatic rings. The van der Waals surface area contributed by atoms with Gasteiger partial charge in [0.2, 0.25) is 0 Å². The highest BCUT2D eigenvalue weighted by molar-refractivity contribution is 7.26. The number of aryl methyl sites for hydroxylation is 2. The third-order valence-corrected chi connectivity index (χ3v) is 6.02. The number of benzene rings is 1. The van der Waals surface area contributed by atoms with Crippen molar-refractivity contribution in [2.24, 2.45) is 0 Å². The maximum atomic E-state index is 6.43. The first kappa shape index (κ1) is 16.2. The molecule has 0 atom stereocenters. The SMILES string of the molecule is COc1ccc(Cn2nc(N)c3sc4nc(C)c(Cl)c(C)c4c32)cc1. The monoisotopic (exact) mass is 372 g/mol. The van der Waals surface area contributed by atoms with Crippen molar-refractivity contribution in [3.63, 3.8) is 0 Å². The molecule has 0 amide bonds. The van der Waals surface area contributed by atoms with Crippen LogP contribution in [0.4, 0.5) is 5.82 Å². The number of rotatable bonds is 3. The van der Waals surface area contributed by atoms with Crippen LogP contribution in [0.1, 0.15) is 16.8 Å². The molecule has 0 saturated heterocycles. The van der Waals surface area contributed by atoms with Crippen molar-refractivity contribution < 1.29 is 4.74 Å². The van der Waals surface area contributed by atoms with Crippen LogP contribution in [0.3, 0.4) is 0 Å². The summed E-state index contributed by atoms with van der Waals surface area (Å²) >= 11 is 8.00. The van der Waals surface area contributed by atoms with Crippen LogP contribution in [0.2, 0.25) is 5.02 Å². The fraction of sp³-hybridized carbons (Fsp3) is 0.222. The smallest absolute Gasteiger partial charge is 0.163 e. The lowest BCUT2D eigenvalue weighted by Gasteiger charge is -2.07. The van der Waals surface area contributed by atoms with Gasteiger partial charge in [0.05, 0.1) is 34.6 Å². The predicted octanol–water partition coefficient (Wildman–Crippen LogP) is 4.56. The zero-order chi connectivity index (χ0) is 17.7. The van der Waals surface area contributed by atoms with E-state index in [9.17, 15) is 0 Å². The normalized spacial score (nSPS) is 11.5. The van der Waals surface area contributed by atoms with Gasteiger partial charge in [-0.15, -0.1) is 11.3 Å². The van der Waals surface area contributed by atoms with Crippen LogP contribution < -0.4 is 10.5 Å². The molecule has 4 aromatic rings. The third kappa shape index (κ3) is 2.53. The summed E-state index contributed by atoms with van der Waals surface area (Å²) in [5, 5.41) is 6.27. The number of hydrogen-bond acceptors (Lipinski definition) is 5. The molecule has 2 N–H and O–H groups in total. The Morgan fingerprint density at radius 1 is 1.24 bits per heavy atom. The Labute approximate surface area is 154 Å². The summed E-state index contributed by atoms with van der Waals surface area (Å²) in [6.07, 6.45) is 0. The van der Waals surface area contributed by atoms with Crippen molar-refractivity contribution in [1.82, 2.24) is 14.8 Å². The number of pyridine rings is 1. The molecule has 25 heavy (non-hydrogen) atoms. The molecule has 0 unspecified atom stereocenters. The Balaban J connectivity index is 1.91. The number of hydrogen-bond donors (Lipinski definition) is 1. The first-order chi connectivity index (χ1) is 12.0. The molecule has 3 heterocycles. The van der Waals surface area contributed by atoms with Gasteiger partial charge in [0.25, 0.3) is 0 Å². The number of aromatic nitrogens is 3. The molecule has 0 aliphatic heterocycles. The summed E-state index contributed by atoms with van der Waals surface area (Å²) in [6.45, 7) is 4.56. The molecule has 4 rings (SSSR count). The van der Waals surface area contributed by atoms with Crippen molar-refractivity contribution in [2.75, 3.05) is 12.8 Å². The molecular weight excluding hydrogens is 356 g/mol. The van der Waals surface area contributed by atoms with Crippen LogP contribution in [0.15, 0.2) is 24.3 Å². The predicted molar refractivity (Wildman–Crippen MR) is 104 cm³/mol. The minimum absolute atomic E-state index is 0.527. The second-order valence-corrected chi connectivity index (χ2v) is 7.36. The zero-order valence-electron chi connectivity index (χ0n) is 14.1. The second kappa shape index (κ2) is 5.89. The van der Waals surface area contributed by atoms with Crippen LogP contribution in [0.25, 0.3) is 20.4 Å². The fourth-order valence-corrected chi connectivity index (χ4v) is 4.39. The van der Waals surface area contributed by atoms with Gasteiger partial charge in [0.1, 0.15) is 10.6 Å². The number of ether oxygens (including phenoxy) is 1. The van der Waals surface area contributed by atoms with E-state index in [1.165, 1.54) is 0 Å². The number of thiophene rings is 1. The molecule has 0 radical (unpaired) electrons. The van der Waals surface area contributed by atoms with Gasteiger partial charge in [0, 0.05) is 5.39 Å². The molecule has 3 aromatic heterocycles. The standard InChI is InChI=1S/C18H17ClN4OS/c1-9-13-15-16(25-18(13)21-10(2)14(9)19)17(20)22-23(15)8-11-4-6-12(24-3)7-5-11/h4-7H,8H2,1-3H3,(H2,20,22). The van der Waals surface area contributed by atoms with Crippen LogP contribution >= 0.6 is 22.9 Å². The van der Waals surface area contributed by atoms with E-state index in [1.54, 1.807) is 18.4 Å². The van der Waals surface area contributed by atoms with Gasteiger partial charge in [-0.3, -0.25) is 4.68 Å². The van der Waals surface area contributed by atoms with E-state index in [1.807, 2.05) is 42.8 Å². The van der Waals surface area contributed by atoms with Crippen LogP contribution in [0.5, 0.6) is 5.75 Å². The van der Waals surface area contributed by atoms with E-state index in [0.717, 1.165) is 43.0 Å². The van der Waals surface area contributed by atoms with Gasteiger partial charge in [0.15, 0.2) is 5.82 Å². The van der Waals surface area contributed by atoms with E-state index < -0.39 is 0 Å². The molecule has 5 nitrogen and oxygen atoms in total. The molecule has 0 fully saturated rings.